The molecular weight excluding hydrogens is 228 g/mol. The maximum atomic E-state index is 12.2. The zero-order valence-corrected chi connectivity index (χ0v) is 11.0. The van der Waals surface area contributed by atoms with Crippen LogP contribution in [-0.2, 0) is 16.0 Å². The van der Waals surface area contributed by atoms with Crippen molar-refractivity contribution in [3.63, 3.8) is 0 Å². The molecule has 1 aromatic rings. The SMILES string of the molecule is C#Cc1n[nH]c2c1C(C(=O)OC(C)(C)C)CCC2. The Labute approximate surface area is 107 Å². The van der Waals surface area contributed by atoms with Gasteiger partial charge in [-0.25, -0.2) is 0 Å². The van der Waals surface area contributed by atoms with Gasteiger partial charge in [0.05, 0.1) is 5.92 Å². The maximum absolute atomic E-state index is 12.2. The number of rotatable bonds is 1. The molecule has 0 aromatic carbocycles. The number of fused-ring (bicyclic) bond motifs is 1. The summed E-state index contributed by atoms with van der Waals surface area (Å²) in [4.78, 5) is 12.2. The van der Waals surface area contributed by atoms with Crippen molar-refractivity contribution in [3.8, 4) is 12.3 Å². The van der Waals surface area contributed by atoms with Gasteiger partial charge in [-0.3, -0.25) is 9.89 Å². The standard InChI is InChI=1S/C14H18N2O2/c1-5-10-12-9(13(17)18-14(2,3)4)7-6-8-11(12)16-15-10/h1,9H,6-8H2,2-4H3,(H,15,16). The van der Waals surface area contributed by atoms with Crippen LogP contribution in [0.4, 0.5) is 0 Å². The molecular formula is C14H18N2O2. The molecule has 0 bridgehead atoms. The Morgan fingerprint density at radius 1 is 1.56 bits per heavy atom. The van der Waals surface area contributed by atoms with Crippen LogP contribution in [0.1, 0.15) is 56.5 Å². The summed E-state index contributed by atoms with van der Waals surface area (Å²) in [7, 11) is 0. The molecule has 4 nitrogen and oxygen atoms in total. The highest BCUT2D eigenvalue weighted by Gasteiger charge is 2.33. The molecule has 4 heteroatoms. The number of aromatic amines is 1. The zero-order valence-electron chi connectivity index (χ0n) is 11.0. The van der Waals surface area contributed by atoms with Crippen molar-refractivity contribution in [1.82, 2.24) is 10.2 Å². The monoisotopic (exact) mass is 246 g/mol. The molecule has 0 saturated carbocycles. The molecule has 1 atom stereocenters. The fraction of sp³-hybridized carbons (Fsp3) is 0.571. The topological polar surface area (TPSA) is 55.0 Å². The number of esters is 1. The van der Waals surface area contributed by atoms with E-state index in [1.807, 2.05) is 20.8 Å². The third kappa shape index (κ3) is 2.40. The van der Waals surface area contributed by atoms with Crippen LogP contribution < -0.4 is 0 Å². The summed E-state index contributed by atoms with van der Waals surface area (Å²) in [5, 5.41) is 7.00. The second kappa shape index (κ2) is 4.49. The van der Waals surface area contributed by atoms with Crippen LogP contribution in [0.5, 0.6) is 0 Å². The van der Waals surface area contributed by atoms with Gasteiger partial charge in [0.2, 0.25) is 0 Å². The first-order chi connectivity index (χ1) is 8.42. The van der Waals surface area contributed by atoms with Crippen molar-refractivity contribution in [2.24, 2.45) is 0 Å². The summed E-state index contributed by atoms with van der Waals surface area (Å²) in [6, 6.07) is 0. The fourth-order valence-corrected chi connectivity index (χ4v) is 2.30. The number of ether oxygens (including phenoxy) is 1. The highest BCUT2D eigenvalue weighted by molar-refractivity contribution is 5.80. The summed E-state index contributed by atoms with van der Waals surface area (Å²) < 4.78 is 5.45. The molecule has 0 aliphatic heterocycles. The predicted octanol–water partition coefficient (Wildman–Crippen LogP) is 2.15. The third-order valence-electron chi connectivity index (χ3n) is 2.98. The number of H-pyrrole nitrogens is 1. The maximum Gasteiger partial charge on any atom is 0.314 e. The first-order valence-corrected chi connectivity index (χ1v) is 6.19. The number of aryl methyl sites for hydroxylation is 1. The van der Waals surface area contributed by atoms with E-state index in [1.54, 1.807) is 0 Å². The van der Waals surface area contributed by atoms with Gasteiger partial charge in [0.25, 0.3) is 0 Å². The summed E-state index contributed by atoms with van der Waals surface area (Å²) in [6.07, 6.45) is 8.04. The predicted molar refractivity (Wildman–Crippen MR) is 68.0 cm³/mol. The van der Waals surface area contributed by atoms with Gasteiger partial charge in [0.15, 0.2) is 0 Å². The second-order valence-corrected chi connectivity index (χ2v) is 5.59. The number of terminal acetylenes is 1. The van der Waals surface area contributed by atoms with Crippen molar-refractivity contribution < 1.29 is 9.53 Å². The summed E-state index contributed by atoms with van der Waals surface area (Å²) >= 11 is 0. The van der Waals surface area contributed by atoms with Gasteiger partial charge in [-0.2, -0.15) is 5.10 Å². The number of hydrogen-bond acceptors (Lipinski definition) is 3. The molecule has 0 radical (unpaired) electrons. The molecule has 1 aliphatic carbocycles. The van der Waals surface area contributed by atoms with Gasteiger partial charge in [-0.1, -0.05) is 0 Å². The van der Waals surface area contributed by atoms with E-state index in [4.69, 9.17) is 11.2 Å². The highest BCUT2D eigenvalue weighted by Crippen LogP contribution is 2.34. The van der Waals surface area contributed by atoms with Gasteiger partial charge >= 0.3 is 5.97 Å². The minimum atomic E-state index is -0.477. The van der Waals surface area contributed by atoms with Gasteiger partial charge in [-0.05, 0) is 46.0 Å². The van der Waals surface area contributed by atoms with Crippen LogP contribution in [0.25, 0.3) is 0 Å². The van der Waals surface area contributed by atoms with E-state index >= 15 is 0 Å². The van der Waals surface area contributed by atoms with Gasteiger partial charge in [0, 0.05) is 11.3 Å². The number of nitrogens with one attached hydrogen (secondary N) is 1. The summed E-state index contributed by atoms with van der Waals surface area (Å²) in [5.41, 5.74) is 1.90. The lowest BCUT2D eigenvalue weighted by Gasteiger charge is -2.26. The van der Waals surface area contributed by atoms with Gasteiger partial charge in [0.1, 0.15) is 11.3 Å². The quantitative estimate of drug-likeness (QED) is 0.610. The zero-order chi connectivity index (χ0) is 13.3. The Kier molecular flexibility index (Phi) is 3.16. The Bertz CT molecular complexity index is 503. The van der Waals surface area contributed by atoms with Gasteiger partial charge in [-0.15, -0.1) is 6.42 Å². The van der Waals surface area contributed by atoms with Crippen LogP contribution in [0.3, 0.4) is 0 Å². The molecule has 2 rings (SSSR count). The number of hydrogen-bond donors (Lipinski definition) is 1. The molecule has 1 unspecified atom stereocenters. The van der Waals surface area contributed by atoms with Crippen molar-refractivity contribution in [2.45, 2.75) is 51.6 Å². The van der Waals surface area contributed by atoms with E-state index in [1.165, 1.54) is 0 Å². The van der Waals surface area contributed by atoms with Crippen LogP contribution >= 0.6 is 0 Å². The Morgan fingerprint density at radius 2 is 2.28 bits per heavy atom. The molecule has 96 valence electrons. The number of carbonyl (C=O) groups excluding carboxylic acids is 1. The van der Waals surface area contributed by atoms with E-state index in [9.17, 15) is 4.79 Å². The lowest BCUT2D eigenvalue weighted by molar-refractivity contribution is -0.157. The molecule has 1 aromatic heterocycles. The minimum Gasteiger partial charge on any atom is -0.459 e. The van der Waals surface area contributed by atoms with Gasteiger partial charge < -0.3 is 4.74 Å². The van der Waals surface area contributed by atoms with Crippen molar-refractivity contribution in [1.29, 1.82) is 0 Å². The first-order valence-electron chi connectivity index (χ1n) is 6.19. The third-order valence-corrected chi connectivity index (χ3v) is 2.98. The molecule has 1 N–H and O–H groups in total. The summed E-state index contributed by atoms with van der Waals surface area (Å²) in [5.74, 6) is 2.05. The number of carbonyl (C=O) groups is 1. The average molecular weight is 246 g/mol. The average Bonchev–Trinajstić information content (AvgIpc) is 2.69. The molecule has 0 saturated heterocycles. The largest absolute Gasteiger partial charge is 0.459 e. The van der Waals surface area contributed by atoms with Crippen molar-refractivity contribution in [3.05, 3.63) is 17.0 Å². The van der Waals surface area contributed by atoms with E-state index in [0.717, 1.165) is 30.5 Å². The van der Waals surface area contributed by atoms with E-state index < -0.39 is 5.60 Å². The lowest BCUT2D eigenvalue weighted by Crippen LogP contribution is -2.29. The van der Waals surface area contributed by atoms with Crippen molar-refractivity contribution in [2.75, 3.05) is 0 Å². The lowest BCUT2D eigenvalue weighted by atomic mass is 9.85. The normalized spacial score (nSPS) is 18.9. The molecule has 0 spiro atoms. The molecule has 1 aliphatic rings. The van der Waals surface area contributed by atoms with E-state index in [-0.39, 0.29) is 11.9 Å². The molecule has 18 heavy (non-hydrogen) atoms. The smallest absolute Gasteiger partial charge is 0.314 e. The molecule has 0 fully saturated rings. The number of nitrogens with zero attached hydrogens (tertiary/aromatic N) is 1. The van der Waals surface area contributed by atoms with Crippen LogP contribution in [-0.4, -0.2) is 21.8 Å². The summed E-state index contributed by atoms with van der Waals surface area (Å²) in [6.45, 7) is 5.60. The van der Waals surface area contributed by atoms with E-state index in [0.29, 0.717) is 5.69 Å². The first kappa shape index (κ1) is 12.7. The fourth-order valence-electron chi connectivity index (χ4n) is 2.30. The Morgan fingerprint density at radius 3 is 2.89 bits per heavy atom. The Balaban J connectivity index is 2.30. The Hall–Kier alpha value is -1.76. The van der Waals surface area contributed by atoms with Crippen LogP contribution in [0.15, 0.2) is 0 Å². The van der Waals surface area contributed by atoms with Crippen LogP contribution in [0.2, 0.25) is 0 Å². The minimum absolute atomic E-state index is 0.207. The highest BCUT2D eigenvalue weighted by atomic mass is 16.6. The number of aromatic nitrogens is 2. The molecule has 1 heterocycles. The van der Waals surface area contributed by atoms with Crippen molar-refractivity contribution >= 4 is 5.97 Å². The second-order valence-electron chi connectivity index (χ2n) is 5.59. The van der Waals surface area contributed by atoms with E-state index in [2.05, 4.69) is 16.1 Å². The van der Waals surface area contributed by atoms with Crippen LogP contribution in [0, 0.1) is 12.3 Å². The molecule has 0 amide bonds.